The summed E-state index contributed by atoms with van der Waals surface area (Å²) in [5.41, 5.74) is -0.442. The maximum Gasteiger partial charge on any atom is 0.287 e. The van der Waals surface area contributed by atoms with Crippen molar-refractivity contribution in [1.82, 2.24) is 10.6 Å². The Morgan fingerprint density at radius 3 is 2.59 bits per heavy atom. The topological polar surface area (TPSA) is 109 Å². The number of nitrogens with one attached hydrogen (secondary N) is 2. The van der Waals surface area contributed by atoms with E-state index in [1.807, 2.05) is 18.2 Å². The third-order valence-corrected chi connectivity index (χ3v) is 7.35. The second-order valence-electron chi connectivity index (χ2n) is 9.75. The van der Waals surface area contributed by atoms with Gasteiger partial charge in [0.1, 0.15) is 11.1 Å². The number of halogens is 1. The molecule has 1 aliphatic heterocycles. The van der Waals surface area contributed by atoms with Crippen LogP contribution in [0.5, 0.6) is 0 Å². The van der Waals surface area contributed by atoms with E-state index in [1.165, 1.54) is 12.1 Å². The lowest BCUT2D eigenvalue weighted by atomic mass is 9.80. The van der Waals surface area contributed by atoms with Crippen LogP contribution < -0.4 is 15.5 Å². The molecule has 2 heterocycles. The first kappa shape index (κ1) is 24.7. The quantitative estimate of drug-likeness (QED) is 0.494. The maximum atomic E-state index is 14.6. The van der Waals surface area contributed by atoms with Crippen LogP contribution >= 0.6 is 0 Å². The highest BCUT2D eigenvalue weighted by atomic mass is 19.1. The van der Waals surface area contributed by atoms with Crippen molar-refractivity contribution in [2.24, 2.45) is 0 Å². The number of hydrogen-bond acceptors (Lipinski definition) is 6. The third-order valence-electron chi connectivity index (χ3n) is 7.35. The molecule has 9 heteroatoms. The number of fused-ring (bicyclic) bond motifs is 1. The molecule has 2 fully saturated rings. The Balaban J connectivity index is 1.29. The van der Waals surface area contributed by atoms with Gasteiger partial charge in [-0.15, -0.1) is 0 Å². The Morgan fingerprint density at radius 1 is 1.08 bits per heavy atom. The summed E-state index contributed by atoms with van der Waals surface area (Å²) in [6.07, 6.45) is 4.14. The van der Waals surface area contributed by atoms with Gasteiger partial charge in [0.15, 0.2) is 23.6 Å². The zero-order valence-corrected chi connectivity index (χ0v) is 20.3. The summed E-state index contributed by atoms with van der Waals surface area (Å²) in [6.45, 7) is 0.233. The molecule has 0 spiro atoms. The molecule has 1 unspecified atom stereocenters. The molecular weight excluding hydrogens is 477 g/mol. The first-order chi connectivity index (χ1) is 17.9. The maximum absolute atomic E-state index is 14.6. The Hall–Kier alpha value is -4.01. The van der Waals surface area contributed by atoms with E-state index in [4.69, 9.17) is 4.42 Å². The normalized spacial score (nSPS) is 19.4. The number of aldehydes is 1. The van der Waals surface area contributed by atoms with E-state index < -0.39 is 29.2 Å². The largest absolute Gasteiger partial charge is 0.451 e. The van der Waals surface area contributed by atoms with Crippen molar-refractivity contribution in [3.63, 3.8) is 0 Å². The van der Waals surface area contributed by atoms with Crippen LogP contribution in [0, 0.1) is 5.82 Å². The van der Waals surface area contributed by atoms with Crippen LogP contribution in [0.25, 0.3) is 11.0 Å². The second kappa shape index (κ2) is 10.2. The predicted molar refractivity (Wildman–Crippen MR) is 135 cm³/mol. The highest BCUT2D eigenvalue weighted by molar-refractivity contribution is 6.01. The number of ketones is 1. The molecule has 2 aromatic carbocycles. The van der Waals surface area contributed by atoms with Gasteiger partial charge >= 0.3 is 0 Å². The van der Waals surface area contributed by atoms with Crippen molar-refractivity contribution >= 4 is 40.5 Å². The lowest BCUT2D eigenvalue weighted by molar-refractivity contribution is -0.133. The molecule has 8 nitrogen and oxygen atoms in total. The number of hydrogen-bond donors (Lipinski definition) is 2. The van der Waals surface area contributed by atoms with Crippen LogP contribution in [0.4, 0.5) is 10.1 Å². The minimum Gasteiger partial charge on any atom is -0.451 e. The van der Waals surface area contributed by atoms with Crippen LogP contribution in [0.15, 0.2) is 52.9 Å². The van der Waals surface area contributed by atoms with Crippen molar-refractivity contribution in [2.45, 2.75) is 50.1 Å². The number of Topliss-reactive ketones (excluding diaryl/α,β-unsaturated/α-hetero) is 1. The average Bonchev–Trinajstić information content (AvgIpc) is 3.35. The molecule has 1 saturated heterocycles. The summed E-state index contributed by atoms with van der Waals surface area (Å²) in [5, 5.41) is 6.57. The highest BCUT2D eigenvalue weighted by Crippen LogP contribution is 2.30. The molecule has 0 bridgehead atoms. The molecule has 37 heavy (non-hydrogen) atoms. The van der Waals surface area contributed by atoms with Crippen LogP contribution in [0.1, 0.15) is 59.4 Å². The van der Waals surface area contributed by atoms with Crippen LogP contribution in [0.2, 0.25) is 0 Å². The smallest absolute Gasteiger partial charge is 0.287 e. The summed E-state index contributed by atoms with van der Waals surface area (Å²) in [6, 6.07) is 12.7. The predicted octanol–water partition coefficient (Wildman–Crippen LogP) is 3.78. The number of benzene rings is 2. The van der Waals surface area contributed by atoms with Crippen molar-refractivity contribution in [2.75, 3.05) is 18.0 Å². The van der Waals surface area contributed by atoms with E-state index in [0.29, 0.717) is 31.3 Å². The van der Waals surface area contributed by atoms with Gasteiger partial charge in [-0.25, -0.2) is 4.39 Å². The fourth-order valence-corrected chi connectivity index (χ4v) is 5.29. The zero-order valence-electron chi connectivity index (χ0n) is 20.3. The monoisotopic (exact) mass is 505 g/mol. The summed E-state index contributed by atoms with van der Waals surface area (Å²) in [4.78, 5) is 52.3. The molecule has 5 rings (SSSR count). The van der Waals surface area contributed by atoms with Crippen molar-refractivity contribution in [1.29, 1.82) is 0 Å². The van der Waals surface area contributed by atoms with Crippen molar-refractivity contribution < 1.29 is 28.0 Å². The number of nitrogens with zero attached hydrogens (tertiary/aromatic N) is 1. The Morgan fingerprint density at radius 2 is 1.86 bits per heavy atom. The first-order valence-electron chi connectivity index (χ1n) is 12.5. The molecule has 1 atom stereocenters. The molecule has 1 aliphatic carbocycles. The lowest BCUT2D eigenvalue weighted by Crippen LogP contribution is -2.63. The molecular formula is C28H28FN3O5. The summed E-state index contributed by atoms with van der Waals surface area (Å²) >= 11 is 0. The summed E-state index contributed by atoms with van der Waals surface area (Å²) in [7, 11) is 0. The van der Waals surface area contributed by atoms with E-state index in [9.17, 15) is 23.6 Å². The standard InChI is InChI=1S/C28H28FN3O5/c29-25-19(17-33)8-6-9-21(25)32-14-11-20(22(34)16-32)30-27(36)28(12-4-1-5-13-28)31-26(35)24-15-18-7-2-3-10-23(18)37-24/h2-3,6-10,15,17,20H,1,4-5,11-14,16H2,(H,30,36)(H,31,35). The number of anilines is 1. The molecule has 2 amide bonds. The minimum absolute atomic E-state index is 0.0696. The lowest BCUT2D eigenvalue weighted by Gasteiger charge is -2.39. The molecule has 0 radical (unpaired) electrons. The Labute approximate surface area is 213 Å². The number of carbonyl (C=O) groups is 4. The number of rotatable bonds is 6. The minimum atomic E-state index is -1.14. The van der Waals surface area contributed by atoms with Crippen LogP contribution in [-0.4, -0.2) is 48.6 Å². The van der Waals surface area contributed by atoms with Gasteiger partial charge in [-0.3, -0.25) is 19.2 Å². The van der Waals surface area contributed by atoms with Gasteiger partial charge in [0.25, 0.3) is 5.91 Å². The van der Waals surface area contributed by atoms with Gasteiger partial charge in [-0.1, -0.05) is 43.5 Å². The van der Waals surface area contributed by atoms with Gasteiger partial charge in [0, 0.05) is 11.9 Å². The molecule has 192 valence electrons. The van der Waals surface area contributed by atoms with Gasteiger partial charge in [-0.05, 0) is 43.5 Å². The van der Waals surface area contributed by atoms with E-state index >= 15 is 0 Å². The highest BCUT2D eigenvalue weighted by Gasteiger charge is 2.43. The van der Waals surface area contributed by atoms with Gasteiger partial charge in [0.05, 0.1) is 23.8 Å². The van der Waals surface area contributed by atoms with E-state index in [0.717, 1.165) is 24.6 Å². The fraction of sp³-hybridized carbons (Fsp3) is 0.357. The summed E-state index contributed by atoms with van der Waals surface area (Å²) < 4.78 is 20.3. The van der Waals surface area contributed by atoms with E-state index in [-0.39, 0.29) is 35.8 Å². The van der Waals surface area contributed by atoms with Gasteiger partial charge < -0.3 is 20.0 Å². The number of carbonyl (C=O) groups excluding carboxylic acids is 4. The molecule has 2 aliphatic rings. The van der Waals surface area contributed by atoms with E-state index in [2.05, 4.69) is 10.6 Å². The third kappa shape index (κ3) is 4.85. The molecule has 1 saturated carbocycles. The zero-order chi connectivity index (χ0) is 26.0. The van der Waals surface area contributed by atoms with Crippen molar-refractivity contribution in [3.8, 4) is 0 Å². The average molecular weight is 506 g/mol. The van der Waals surface area contributed by atoms with Crippen LogP contribution in [-0.2, 0) is 9.59 Å². The Kier molecular flexibility index (Phi) is 6.78. The number of amides is 2. The number of furan rings is 1. The molecule has 3 aromatic rings. The number of para-hydroxylation sites is 1. The van der Waals surface area contributed by atoms with Gasteiger partial charge in [0.2, 0.25) is 5.91 Å². The van der Waals surface area contributed by atoms with Crippen LogP contribution in [0.3, 0.4) is 0 Å². The fourth-order valence-electron chi connectivity index (χ4n) is 5.29. The second-order valence-corrected chi connectivity index (χ2v) is 9.75. The number of piperidine rings is 1. The van der Waals surface area contributed by atoms with Gasteiger partial charge in [-0.2, -0.15) is 0 Å². The van der Waals surface area contributed by atoms with Crippen molar-refractivity contribution in [3.05, 3.63) is 65.7 Å². The first-order valence-corrected chi connectivity index (χ1v) is 12.5. The molecule has 2 N–H and O–H groups in total. The summed E-state index contributed by atoms with van der Waals surface area (Å²) in [5.74, 6) is -1.66. The SMILES string of the molecule is O=Cc1cccc(N2CCC(NC(=O)C3(NC(=O)c4cc5ccccc5o4)CCCCC3)C(=O)C2)c1F. The molecule has 1 aromatic heterocycles. The Bertz CT molecular complexity index is 1330. The van der Waals surface area contributed by atoms with E-state index in [1.54, 1.807) is 23.1 Å².